The van der Waals surface area contributed by atoms with Crippen LogP contribution in [-0.4, -0.2) is 37.8 Å². The Kier molecular flexibility index (Phi) is 4.45. The quantitative estimate of drug-likeness (QED) is 0.910. The number of benzene rings is 1. The molecule has 1 N–H and O–H groups in total. The molecule has 0 aliphatic carbocycles. The van der Waals surface area contributed by atoms with Crippen molar-refractivity contribution < 1.29 is 13.2 Å². The predicted molar refractivity (Wildman–Crippen MR) is 76.8 cm³/mol. The number of sulfonamides is 1. The van der Waals surface area contributed by atoms with E-state index in [1.54, 1.807) is 24.3 Å². The summed E-state index contributed by atoms with van der Waals surface area (Å²) < 4.78 is 26.7. The van der Waals surface area contributed by atoms with Gasteiger partial charge in [-0.05, 0) is 31.9 Å². The van der Waals surface area contributed by atoms with Gasteiger partial charge >= 0.3 is 0 Å². The molecule has 0 spiro atoms. The van der Waals surface area contributed by atoms with Crippen molar-refractivity contribution in [3.05, 3.63) is 29.8 Å². The molecule has 0 aromatic heterocycles. The normalized spacial score (nSPS) is 20.0. The zero-order valence-electron chi connectivity index (χ0n) is 11.8. The number of hydrogen-bond acceptors (Lipinski definition) is 3. The number of carbonyl (C=O) groups excluding carboxylic acids is 1. The monoisotopic (exact) mass is 296 g/mol. The van der Waals surface area contributed by atoms with E-state index < -0.39 is 10.0 Å². The molecule has 0 radical (unpaired) electrons. The third kappa shape index (κ3) is 3.19. The topological polar surface area (TPSA) is 66.5 Å². The van der Waals surface area contributed by atoms with Crippen LogP contribution in [0.3, 0.4) is 0 Å². The maximum atomic E-state index is 12.6. The summed E-state index contributed by atoms with van der Waals surface area (Å²) in [6.45, 7) is 4.25. The molecule has 1 saturated heterocycles. The number of hydrogen-bond donors (Lipinski definition) is 1. The highest BCUT2D eigenvalue weighted by molar-refractivity contribution is 7.89. The van der Waals surface area contributed by atoms with Gasteiger partial charge in [0.25, 0.3) is 0 Å². The van der Waals surface area contributed by atoms with Crippen molar-refractivity contribution in [2.75, 3.05) is 13.1 Å². The first-order valence-corrected chi connectivity index (χ1v) is 8.18. The molecule has 1 fully saturated rings. The maximum Gasteiger partial charge on any atom is 0.243 e. The molecule has 6 heteroatoms. The first-order chi connectivity index (χ1) is 9.41. The van der Waals surface area contributed by atoms with E-state index in [9.17, 15) is 13.2 Å². The van der Waals surface area contributed by atoms with Crippen LogP contribution in [0.1, 0.15) is 25.3 Å². The molecule has 20 heavy (non-hydrogen) atoms. The van der Waals surface area contributed by atoms with E-state index in [2.05, 4.69) is 5.32 Å². The van der Waals surface area contributed by atoms with Gasteiger partial charge in [0.2, 0.25) is 15.9 Å². The van der Waals surface area contributed by atoms with Crippen LogP contribution in [-0.2, 0) is 14.8 Å². The van der Waals surface area contributed by atoms with Crippen molar-refractivity contribution >= 4 is 15.9 Å². The smallest absolute Gasteiger partial charge is 0.243 e. The summed E-state index contributed by atoms with van der Waals surface area (Å²) in [7, 11) is -3.47. The van der Waals surface area contributed by atoms with E-state index in [1.807, 2.05) is 6.92 Å². The largest absolute Gasteiger partial charge is 0.355 e. The van der Waals surface area contributed by atoms with Gasteiger partial charge < -0.3 is 5.32 Å². The van der Waals surface area contributed by atoms with Crippen LogP contribution in [0.4, 0.5) is 0 Å². The van der Waals surface area contributed by atoms with E-state index in [-0.39, 0.29) is 11.9 Å². The molecular formula is C14H20N2O3S. The molecule has 110 valence electrons. The van der Waals surface area contributed by atoms with Crippen LogP contribution < -0.4 is 5.32 Å². The minimum Gasteiger partial charge on any atom is -0.355 e. The highest BCUT2D eigenvalue weighted by atomic mass is 32.2. The third-order valence-electron chi connectivity index (χ3n) is 3.54. The van der Waals surface area contributed by atoms with Gasteiger partial charge in [-0.15, -0.1) is 0 Å². The molecule has 5 nitrogen and oxygen atoms in total. The standard InChI is InChI=1S/C14H20N2O3S/c1-11-5-7-14(8-6-11)20(18,19)16-9-3-4-13(16)10-15-12(2)17/h5-8,13H,3-4,9-10H2,1-2H3,(H,15,17). The summed E-state index contributed by atoms with van der Waals surface area (Å²) in [5.41, 5.74) is 1.03. The maximum absolute atomic E-state index is 12.6. The van der Waals surface area contributed by atoms with Gasteiger partial charge in [0.1, 0.15) is 0 Å². The van der Waals surface area contributed by atoms with Crippen molar-refractivity contribution in [1.82, 2.24) is 9.62 Å². The van der Waals surface area contributed by atoms with Crippen LogP contribution >= 0.6 is 0 Å². The van der Waals surface area contributed by atoms with Crippen LogP contribution in [0.25, 0.3) is 0 Å². The average Bonchev–Trinajstić information content (AvgIpc) is 2.86. The third-order valence-corrected chi connectivity index (χ3v) is 5.50. The summed E-state index contributed by atoms with van der Waals surface area (Å²) in [4.78, 5) is 11.3. The molecule has 1 aromatic rings. The SMILES string of the molecule is CC(=O)NCC1CCCN1S(=O)(=O)c1ccc(C)cc1. The molecule has 1 aliphatic heterocycles. The van der Waals surface area contributed by atoms with Crippen molar-refractivity contribution in [2.45, 2.75) is 37.6 Å². The molecule has 2 rings (SSSR count). The van der Waals surface area contributed by atoms with Gasteiger partial charge in [-0.3, -0.25) is 4.79 Å². The Bertz CT molecular complexity index is 581. The van der Waals surface area contributed by atoms with Gasteiger partial charge in [-0.2, -0.15) is 4.31 Å². The Morgan fingerprint density at radius 2 is 2.00 bits per heavy atom. The summed E-state index contributed by atoms with van der Waals surface area (Å²) >= 11 is 0. The second-order valence-corrected chi connectivity index (χ2v) is 7.05. The summed E-state index contributed by atoms with van der Waals surface area (Å²) in [6.07, 6.45) is 1.61. The Balaban J connectivity index is 2.19. The van der Waals surface area contributed by atoms with Gasteiger partial charge in [0.05, 0.1) is 4.90 Å². The molecule has 1 heterocycles. The fourth-order valence-electron chi connectivity index (χ4n) is 2.44. The van der Waals surface area contributed by atoms with Crippen LogP contribution in [0.5, 0.6) is 0 Å². The number of aryl methyl sites for hydroxylation is 1. The number of nitrogens with zero attached hydrogens (tertiary/aromatic N) is 1. The van der Waals surface area contributed by atoms with E-state index in [0.29, 0.717) is 18.0 Å². The van der Waals surface area contributed by atoms with Crippen molar-refractivity contribution in [3.63, 3.8) is 0 Å². The van der Waals surface area contributed by atoms with Gasteiger partial charge in [0.15, 0.2) is 0 Å². The molecule has 1 aliphatic rings. The zero-order valence-corrected chi connectivity index (χ0v) is 12.6. The first kappa shape index (κ1) is 15.0. The fraction of sp³-hybridized carbons (Fsp3) is 0.500. The second-order valence-electron chi connectivity index (χ2n) is 5.16. The fourth-order valence-corrected chi connectivity index (χ4v) is 4.13. The Hall–Kier alpha value is -1.40. The van der Waals surface area contributed by atoms with Gasteiger partial charge in [0, 0.05) is 26.1 Å². The minimum atomic E-state index is -3.47. The van der Waals surface area contributed by atoms with Crippen LogP contribution in [0.2, 0.25) is 0 Å². The van der Waals surface area contributed by atoms with Crippen LogP contribution in [0.15, 0.2) is 29.2 Å². The lowest BCUT2D eigenvalue weighted by atomic mass is 10.2. The van der Waals surface area contributed by atoms with Gasteiger partial charge in [-0.1, -0.05) is 17.7 Å². The number of amides is 1. The number of nitrogens with one attached hydrogen (secondary N) is 1. The molecular weight excluding hydrogens is 276 g/mol. The lowest BCUT2D eigenvalue weighted by Gasteiger charge is -2.24. The first-order valence-electron chi connectivity index (χ1n) is 6.74. The number of carbonyl (C=O) groups is 1. The number of rotatable bonds is 4. The highest BCUT2D eigenvalue weighted by Gasteiger charge is 2.35. The van der Waals surface area contributed by atoms with Crippen LogP contribution in [0, 0.1) is 6.92 Å². The van der Waals surface area contributed by atoms with E-state index in [0.717, 1.165) is 18.4 Å². The Morgan fingerprint density at radius 3 is 2.60 bits per heavy atom. The van der Waals surface area contributed by atoms with E-state index in [1.165, 1.54) is 11.2 Å². The molecule has 1 amide bonds. The highest BCUT2D eigenvalue weighted by Crippen LogP contribution is 2.25. The predicted octanol–water partition coefficient (Wildman–Crippen LogP) is 1.28. The molecule has 1 aromatic carbocycles. The summed E-state index contributed by atoms with van der Waals surface area (Å²) in [6, 6.07) is 6.72. The molecule has 1 atom stereocenters. The van der Waals surface area contributed by atoms with E-state index >= 15 is 0 Å². The van der Waals surface area contributed by atoms with Crippen molar-refractivity contribution in [2.24, 2.45) is 0 Å². The average molecular weight is 296 g/mol. The second kappa shape index (κ2) is 5.93. The Morgan fingerprint density at radius 1 is 1.35 bits per heavy atom. The summed E-state index contributed by atoms with van der Waals surface area (Å²) in [5.74, 6) is -0.135. The van der Waals surface area contributed by atoms with Gasteiger partial charge in [-0.25, -0.2) is 8.42 Å². The van der Waals surface area contributed by atoms with Crippen molar-refractivity contribution in [3.8, 4) is 0 Å². The lowest BCUT2D eigenvalue weighted by molar-refractivity contribution is -0.119. The zero-order chi connectivity index (χ0) is 14.8. The van der Waals surface area contributed by atoms with Crippen molar-refractivity contribution in [1.29, 1.82) is 0 Å². The molecule has 0 bridgehead atoms. The molecule has 0 saturated carbocycles. The van der Waals surface area contributed by atoms with E-state index in [4.69, 9.17) is 0 Å². The minimum absolute atomic E-state index is 0.135. The lowest BCUT2D eigenvalue weighted by Crippen LogP contribution is -2.42. The molecule has 1 unspecified atom stereocenters. The summed E-state index contributed by atoms with van der Waals surface area (Å²) in [5, 5.41) is 2.71. The Labute approximate surface area is 120 Å².